The maximum absolute atomic E-state index is 12.1. The number of likely N-dealkylation sites (tertiary alicyclic amines) is 1. The van der Waals surface area contributed by atoms with Gasteiger partial charge in [-0.1, -0.05) is 12.8 Å². The predicted octanol–water partition coefficient (Wildman–Crippen LogP) is 1.15. The Bertz CT molecular complexity index is 625. The number of aromatic carboxylic acids is 1. The van der Waals surface area contributed by atoms with Gasteiger partial charge in [-0.25, -0.2) is 13.2 Å². The van der Waals surface area contributed by atoms with Gasteiger partial charge in [0, 0.05) is 13.1 Å². The lowest BCUT2D eigenvalue weighted by atomic mass is 10.2. The SMILES string of the molecule is O=C(O)c1ccc(S(=O)(=O)CC(=O)N2CCCCCC2)o1. The number of carbonyl (C=O) groups is 2. The number of amides is 1. The highest BCUT2D eigenvalue weighted by molar-refractivity contribution is 7.92. The van der Waals surface area contributed by atoms with Gasteiger partial charge in [0.15, 0.2) is 0 Å². The van der Waals surface area contributed by atoms with Crippen molar-refractivity contribution in [1.82, 2.24) is 4.90 Å². The first-order valence-corrected chi connectivity index (χ1v) is 8.39. The lowest BCUT2D eigenvalue weighted by Crippen LogP contribution is -2.36. The smallest absolute Gasteiger partial charge is 0.371 e. The number of hydrogen-bond donors (Lipinski definition) is 1. The van der Waals surface area contributed by atoms with Gasteiger partial charge >= 0.3 is 5.97 Å². The van der Waals surface area contributed by atoms with Crippen LogP contribution in [0, 0.1) is 0 Å². The van der Waals surface area contributed by atoms with E-state index in [2.05, 4.69) is 0 Å². The van der Waals surface area contributed by atoms with Crippen LogP contribution in [0.5, 0.6) is 0 Å². The minimum absolute atomic E-state index is 0.462. The van der Waals surface area contributed by atoms with E-state index in [-0.39, 0.29) is 0 Å². The Kier molecular flexibility index (Phi) is 4.66. The van der Waals surface area contributed by atoms with Gasteiger partial charge in [0.2, 0.25) is 26.6 Å². The topological polar surface area (TPSA) is 105 Å². The molecule has 1 aliphatic heterocycles. The Morgan fingerprint density at radius 3 is 2.29 bits per heavy atom. The van der Waals surface area contributed by atoms with Crippen LogP contribution in [-0.2, 0) is 14.6 Å². The molecule has 2 rings (SSSR count). The van der Waals surface area contributed by atoms with Crippen molar-refractivity contribution in [3.8, 4) is 0 Å². The molecule has 1 aromatic rings. The van der Waals surface area contributed by atoms with Crippen LogP contribution in [-0.4, -0.2) is 49.1 Å². The first-order valence-electron chi connectivity index (χ1n) is 6.74. The van der Waals surface area contributed by atoms with Crippen molar-refractivity contribution in [2.75, 3.05) is 18.8 Å². The van der Waals surface area contributed by atoms with E-state index >= 15 is 0 Å². The van der Waals surface area contributed by atoms with E-state index in [1.807, 2.05) is 0 Å². The first kappa shape index (κ1) is 15.6. The number of rotatable bonds is 4. The van der Waals surface area contributed by atoms with Gasteiger partial charge in [-0.2, -0.15) is 0 Å². The number of carboxylic acid groups (broad SMARTS) is 1. The molecule has 0 radical (unpaired) electrons. The van der Waals surface area contributed by atoms with Gasteiger partial charge in [0.25, 0.3) is 0 Å². The average Bonchev–Trinajstić information content (AvgIpc) is 2.76. The standard InChI is InChI=1S/C13H17NO6S/c15-11(14-7-3-1-2-4-8-14)9-21(18,19)12-6-5-10(20-12)13(16)17/h5-6H,1-4,7-9H2,(H,16,17). The largest absolute Gasteiger partial charge is 0.475 e. The molecule has 1 aliphatic rings. The van der Waals surface area contributed by atoms with Gasteiger partial charge < -0.3 is 14.4 Å². The summed E-state index contributed by atoms with van der Waals surface area (Å²) >= 11 is 0. The molecule has 1 saturated heterocycles. The van der Waals surface area contributed by atoms with Gasteiger partial charge in [0.05, 0.1) is 0 Å². The summed E-state index contributed by atoms with van der Waals surface area (Å²) in [5.41, 5.74) is 0. The second-order valence-electron chi connectivity index (χ2n) is 4.98. The van der Waals surface area contributed by atoms with Crippen LogP contribution in [0.4, 0.5) is 0 Å². The predicted molar refractivity (Wildman–Crippen MR) is 72.8 cm³/mol. The maximum Gasteiger partial charge on any atom is 0.371 e. The van der Waals surface area contributed by atoms with Crippen LogP contribution < -0.4 is 0 Å². The molecular weight excluding hydrogens is 298 g/mol. The molecule has 0 atom stereocenters. The summed E-state index contributed by atoms with van der Waals surface area (Å²) < 4.78 is 28.9. The summed E-state index contributed by atoms with van der Waals surface area (Å²) in [6.07, 6.45) is 3.82. The third-order valence-corrected chi connectivity index (χ3v) is 4.83. The number of furan rings is 1. The Hall–Kier alpha value is -1.83. The highest BCUT2D eigenvalue weighted by atomic mass is 32.2. The minimum atomic E-state index is -3.95. The lowest BCUT2D eigenvalue weighted by molar-refractivity contribution is -0.128. The molecule has 1 fully saturated rings. The summed E-state index contributed by atoms with van der Waals surface area (Å²) in [5, 5.41) is 8.23. The Morgan fingerprint density at radius 2 is 1.76 bits per heavy atom. The van der Waals surface area contributed by atoms with Crippen molar-refractivity contribution in [3.05, 3.63) is 17.9 Å². The average molecular weight is 315 g/mol. The fourth-order valence-electron chi connectivity index (χ4n) is 2.25. The van der Waals surface area contributed by atoms with Gasteiger partial charge in [0.1, 0.15) is 5.75 Å². The van der Waals surface area contributed by atoms with Crippen molar-refractivity contribution in [2.24, 2.45) is 0 Å². The zero-order valence-corrected chi connectivity index (χ0v) is 12.3. The van der Waals surface area contributed by atoms with Crippen LogP contribution >= 0.6 is 0 Å². The van der Waals surface area contributed by atoms with E-state index in [9.17, 15) is 18.0 Å². The van der Waals surface area contributed by atoms with E-state index in [4.69, 9.17) is 9.52 Å². The second kappa shape index (κ2) is 6.30. The highest BCUT2D eigenvalue weighted by Crippen LogP contribution is 2.17. The second-order valence-corrected chi connectivity index (χ2v) is 6.90. The number of carbonyl (C=O) groups excluding carboxylic acids is 1. The number of nitrogens with zero attached hydrogens (tertiary/aromatic N) is 1. The number of sulfone groups is 1. The van der Waals surface area contributed by atoms with E-state index < -0.39 is 38.3 Å². The van der Waals surface area contributed by atoms with Crippen LogP contribution in [0.25, 0.3) is 0 Å². The van der Waals surface area contributed by atoms with Crippen LogP contribution in [0.1, 0.15) is 36.2 Å². The summed E-state index contributed by atoms with van der Waals surface area (Å²) in [4.78, 5) is 24.3. The van der Waals surface area contributed by atoms with Gasteiger partial charge in [-0.15, -0.1) is 0 Å². The highest BCUT2D eigenvalue weighted by Gasteiger charge is 2.27. The van der Waals surface area contributed by atoms with Crippen molar-refractivity contribution in [2.45, 2.75) is 30.8 Å². The lowest BCUT2D eigenvalue weighted by Gasteiger charge is -2.19. The fraction of sp³-hybridized carbons (Fsp3) is 0.538. The Morgan fingerprint density at radius 1 is 1.14 bits per heavy atom. The quantitative estimate of drug-likeness (QED) is 0.893. The van der Waals surface area contributed by atoms with Crippen molar-refractivity contribution >= 4 is 21.7 Å². The molecule has 2 heterocycles. The summed E-state index contributed by atoms with van der Waals surface area (Å²) in [5.74, 6) is -2.98. The molecule has 0 aromatic carbocycles. The molecule has 7 nitrogen and oxygen atoms in total. The molecule has 1 aromatic heterocycles. The van der Waals surface area contributed by atoms with Gasteiger partial charge in [-0.05, 0) is 25.0 Å². The molecule has 0 saturated carbocycles. The molecule has 21 heavy (non-hydrogen) atoms. The Labute approximate surface area is 122 Å². The zero-order valence-electron chi connectivity index (χ0n) is 11.4. The maximum atomic E-state index is 12.1. The van der Waals surface area contributed by atoms with E-state index in [1.165, 1.54) is 0 Å². The van der Waals surface area contributed by atoms with Crippen LogP contribution in [0.3, 0.4) is 0 Å². The van der Waals surface area contributed by atoms with E-state index in [0.29, 0.717) is 13.1 Å². The first-order chi connectivity index (χ1) is 9.90. The molecule has 0 bridgehead atoms. The molecule has 0 unspecified atom stereocenters. The van der Waals surface area contributed by atoms with Crippen molar-refractivity contribution in [1.29, 1.82) is 0 Å². The molecule has 0 spiro atoms. The molecule has 116 valence electrons. The third-order valence-electron chi connectivity index (χ3n) is 3.37. The van der Waals surface area contributed by atoms with E-state index in [0.717, 1.165) is 37.8 Å². The van der Waals surface area contributed by atoms with Crippen molar-refractivity contribution < 1.29 is 27.5 Å². The fourth-order valence-corrected chi connectivity index (χ4v) is 3.39. The normalized spacial score (nSPS) is 16.5. The van der Waals surface area contributed by atoms with Gasteiger partial charge in [-0.3, -0.25) is 4.79 Å². The molecule has 8 heteroatoms. The van der Waals surface area contributed by atoms with Crippen LogP contribution in [0.15, 0.2) is 21.6 Å². The summed E-state index contributed by atoms with van der Waals surface area (Å²) in [6.45, 7) is 1.12. The number of hydrogen-bond acceptors (Lipinski definition) is 5. The zero-order chi connectivity index (χ0) is 15.5. The van der Waals surface area contributed by atoms with E-state index in [1.54, 1.807) is 4.90 Å². The summed E-state index contributed by atoms with van der Waals surface area (Å²) in [7, 11) is -3.95. The third kappa shape index (κ3) is 3.84. The molecule has 0 aliphatic carbocycles. The number of carboxylic acids is 1. The van der Waals surface area contributed by atoms with Crippen molar-refractivity contribution in [3.63, 3.8) is 0 Å². The van der Waals surface area contributed by atoms with Crippen LogP contribution in [0.2, 0.25) is 0 Å². The molecule has 1 amide bonds. The molecule has 1 N–H and O–H groups in total. The monoisotopic (exact) mass is 315 g/mol. The Balaban J connectivity index is 2.08. The minimum Gasteiger partial charge on any atom is -0.475 e. The summed E-state index contributed by atoms with van der Waals surface area (Å²) in [6, 6.07) is 2.13. The molecular formula is C13H17NO6S.